The summed E-state index contributed by atoms with van der Waals surface area (Å²) in [7, 11) is 0. The molecule has 0 aliphatic carbocycles. The van der Waals surface area contributed by atoms with Gasteiger partial charge in [-0.2, -0.15) is 0 Å². The molecule has 5 heteroatoms. The Bertz CT molecular complexity index is 641. The van der Waals surface area contributed by atoms with Gasteiger partial charge in [0, 0.05) is 11.8 Å². The van der Waals surface area contributed by atoms with E-state index in [4.69, 9.17) is 0 Å². The van der Waals surface area contributed by atoms with Gasteiger partial charge in [-0.05, 0) is 30.7 Å². The quantitative estimate of drug-likeness (QED) is 0.882. The Kier molecular flexibility index (Phi) is 3.55. The molecule has 0 saturated heterocycles. The lowest BCUT2D eigenvalue weighted by Gasteiger charge is -2.07. The molecule has 0 fully saturated rings. The lowest BCUT2D eigenvalue weighted by Crippen LogP contribution is -2.14. The minimum atomic E-state index is -1.08. The van der Waals surface area contributed by atoms with Gasteiger partial charge < -0.3 is 5.32 Å². The van der Waals surface area contributed by atoms with Crippen LogP contribution in [0.25, 0.3) is 0 Å². The number of hydrogen-bond donors (Lipinski definition) is 1. The Hall–Kier alpha value is -2.30. The Morgan fingerprint density at radius 2 is 1.79 bits per heavy atom. The zero-order valence-corrected chi connectivity index (χ0v) is 10.0. The molecule has 0 spiro atoms. The number of nitrogens with one attached hydrogen (secondary N) is 1. The minimum absolute atomic E-state index is 0.0600. The van der Waals surface area contributed by atoms with Crippen molar-refractivity contribution in [2.75, 3.05) is 5.32 Å². The van der Waals surface area contributed by atoms with Gasteiger partial charge in [0.1, 0.15) is 5.82 Å². The van der Waals surface area contributed by atoms with Crippen LogP contribution in [0.4, 0.5) is 18.9 Å². The highest BCUT2D eigenvalue weighted by Gasteiger charge is 2.14. The molecule has 0 heterocycles. The molecule has 1 amide bonds. The standard InChI is InChI=1S/C14H10F3NO/c1-8-3-2-4-10(13(8)17)14(19)18-9-5-6-11(15)12(16)7-9/h2-7H,1H3,(H,18,19). The normalized spacial score (nSPS) is 10.3. The van der Waals surface area contributed by atoms with Crippen molar-refractivity contribution in [3.05, 3.63) is 65.0 Å². The fourth-order valence-corrected chi connectivity index (χ4v) is 1.60. The van der Waals surface area contributed by atoms with Gasteiger partial charge in [-0.25, -0.2) is 13.2 Å². The van der Waals surface area contributed by atoms with Crippen LogP contribution in [0.3, 0.4) is 0 Å². The zero-order valence-electron chi connectivity index (χ0n) is 10.0. The molecular formula is C14H10F3NO. The molecule has 0 radical (unpaired) electrons. The predicted octanol–water partition coefficient (Wildman–Crippen LogP) is 3.66. The Morgan fingerprint density at radius 3 is 2.47 bits per heavy atom. The number of anilines is 1. The molecule has 0 saturated carbocycles. The Morgan fingerprint density at radius 1 is 1.05 bits per heavy atom. The highest BCUT2D eigenvalue weighted by atomic mass is 19.2. The Balaban J connectivity index is 2.26. The molecule has 19 heavy (non-hydrogen) atoms. The summed E-state index contributed by atoms with van der Waals surface area (Å²) in [6, 6.07) is 7.31. The zero-order chi connectivity index (χ0) is 14.0. The third-order valence-corrected chi connectivity index (χ3v) is 2.61. The van der Waals surface area contributed by atoms with Crippen LogP contribution in [0, 0.1) is 24.4 Å². The largest absolute Gasteiger partial charge is 0.322 e. The van der Waals surface area contributed by atoms with Gasteiger partial charge >= 0.3 is 0 Å². The van der Waals surface area contributed by atoms with E-state index in [-0.39, 0.29) is 11.3 Å². The summed E-state index contributed by atoms with van der Waals surface area (Å²) in [6.07, 6.45) is 0. The molecule has 0 aliphatic heterocycles. The monoisotopic (exact) mass is 265 g/mol. The van der Waals surface area contributed by atoms with Gasteiger partial charge in [-0.1, -0.05) is 12.1 Å². The molecule has 0 atom stereocenters. The SMILES string of the molecule is Cc1cccc(C(=O)Nc2ccc(F)c(F)c2)c1F. The summed E-state index contributed by atoms with van der Waals surface area (Å²) in [4.78, 5) is 11.8. The van der Waals surface area contributed by atoms with Gasteiger partial charge in [0.25, 0.3) is 5.91 Å². The molecule has 98 valence electrons. The number of hydrogen-bond acceptors (Lipinski definition) is 1. The molecule has 0 unspecified atom stereocenters. The van der Waals surface area contributed by atoms with Crippen LogP contribution < -0.4 is 5.32 Å². The number of benzene rings is 2. The number of halogens is 3. The van der Waals surface area contributed by atoms with Crippen LogP contribution in [-0.2, 0) is 0 Å². The molecule has 0 bridgehead atoms. The third kappa shape index (κ3) is 2.76. The van der Waals surface area contributed by atoms with E-state index < -0.39 is 23.4 Å². The Labute approximate surface area is 107 Å². The molecule has 0 aliphatic rings. The average molecular weight is 265 g/mol. The fraction of sp³-hybridized carbons (Fsp3) is 0.0714. The van der Waals surface area contributed by atoms with Crippen LogP contribution in [-0.4, -0.2) is 5.91 Å². The van der Waals surface area contributed by atoms with Crippen molar-refractivity contribution in [2.24, 2.45) is 0 Å². The molecular weight excluding hydrogens is 255 g/mol. The highest BCUT2D eigenvalue weighted by molar-refractivity contribution is 6.04. The van der Waals surface area contributed by atoms with Crippen molar-refractivity contribution >= 4 is 11.6 Å². The summed E-state index contributed by atoms with van der Waals surface area (Å²) in [5, 5.41) is 2.31. The summed E-state index contributed by atoms with van der Waals surface area (Å²) < 4.78 is 39.4. The van der Waals surface area contributed by atoms with Crippen LogP contribution >= 0.6 is 0 Å². The second-order valence-electron chi connectivity index (χ2n) is 4.02. The minimum Gasteiger partial charge on any atom is -0.322 e. The molecule has 0 aromatic heterocycles. The molecule has 1 N–H and O–H groups in total. The number of carbonyl (C=O) groups is 1. The van der Waals surface area contributed by atoms with Crippen LogP contribution in [0.2, 0.25) is 0 Å². The maximum Gasteiger partial charge on any atom is 0.258 e. The van der Waals surface area contributed by atoms with Crippen LogP contribution in [0.1, 0.15) is 15.9 Å². The lowest BCUT2D eigenvalue weighted by atomic mass is 10.1. The summed E-state index contributed by atoms with van der Waals surface area (Å²) >= 11 is 0. The van der Waals surface area contributed by atoms with E-state index in [0.29, 0.717) is 5.56 Å². The number of rotatable bonds is 2. The first-order valence-corrected chi connectivity index (χ1v) is 5.50. The van der Waals surface area contributed by atoms with Gasteiger partial charge in [-0.15, -0.1) is 0 Å². The molecule has 2 aromatic rings. The third-order valence-electron chi connectivity index (χ3n) is 2.61. The predicted molar refractivity (Wildman–Crippen MR) is 65.4 cm³/mol. The van der Waals surface area contributed by atoms with E-state index in [1.54, 1.807) is 6.07 Å². The molecule has 2 rings (SSSR count). The summed E-state index contributed by atoms with van der Waals surface area (Å²) in [5.74, 6) is -3.45. The number of carbonyl (C=O) groups excluding carboxylic acids is 1. The van der Waals surface area contributed by atoms with Gasteiger partial charge in [0.2, 0.25) is 0 Å². The summed E-state index contributed by atoms with van der Waals surface area (Å²) in [5.41, 5.74) is 0.243. The van der Waals surface area contributed by atoms with Gasteiger partial charge in [0.05, 0.1) is 5.56 Å². The molecule has 2 aromatic carbocycles. The first-order chi connectivity index (χ1) is 8.99. The number of amides is 1. The fourth-order valence-electron chi connectivity index (χ4n) is 1.60. The van der Waals surface area contributed by atoms with E-state index in [1.165, 1.54) is 25.1 Å². The average Bonchev–Trinajstić information content (AvgIpc) is 2.37. The topological polar surface area (TPSA) is 29.1 Å². The number of aryl methyl sites for hydroxylation is 1. The van der Waals surface area contributed by atoms with Gasteiger partial charge in [-0.3, -0.25) is 4.79 Å². The van der Waals surface area contributed by atoms with E-state index in [9.17, 15) is 18.0 Å². The van der Waals surface area contributed by atoms with Gasteiger partial charge in [0.15, 0.2) is 11.6 Å². The second-order valence-corrected chi connectivity index (χ2v) is 4.02. The highest BCUT2D eigenvalue weighted by Crippen LogP contribution is 2.16. The van der Waals surface area contributed by atoms with Crippen molar-refractivity contribution in [2.45, 2.75) is 6.92 Å². The van der Waals surface area contributed by atoms with Crippen molar-refractivity contribution in [3.63, 3.8) is 0 Å². The van der Waals surface area contributed by atoms with E-state index in [1.807, 2.05) is 0 Å². The van der Waals surface area contributed by atoms with Crippen molar-refractivity contribution in [3.8, 4) is 0 Å². The van der Waals surface area contributed by atoms with E-state index >= 15 is 0 Å². The van der Waals surface area contributed by atoms with Crippen molar-refractivity contribution in [1.29, 1.82) is 0 Å². The van der Waals surface area contributed by atoms with Crippen LogP contribution in [0.15, 0.2) is 36.4 Å². The molecule has 2 nitrogen and oxygen atoms in total. The maximum atomic E-state index is 13.7. The second kappa shape index (κ2) is 5.14. The van der Waals surface area contributed by atoms with E-state index in [0.717, 1.165) is 12.1 Å². The maximum absolute atomic E-state index is 13.7. The lowest BCUT2D eigenvalue weighted by molar-refractivity contribution is 0.102. The first kappa shape index (κ1) is 13.1. The van der Waals surface area contributed by atoms with Crippen LogP contribution in [0.5, 0.6) is 0 Å². The summed E-state index contributed by atoms with van der Waals surface area (Å²) in [6.45, 7) is 1.53. The van der Waals surface area contributed by atoms with E-state index in [2.05, 4.69) is 5.32 Å². The smallest absolute Gasteiger partial charge is 0.258 e. The first-order valence-electron chi connectivity index (χ1n) is 5.50. The van der Waals surface area contributed by atoms with Crippen molar-refractivity contribution < 1.29 is 18.0 Å². The van der Waals surface area contributed by atoms with Crippen molar-refractivity contribution in [1.82, 2.24) is 0 Å².